The predicted molar refractivity (Wildman–Crippen MR) is 77.2 cm³/mol. The molecule has 1 aliphatic heterocycles. The number of aryl methyl sites for hydroxylation is 1. The van der Waals surface area contributed by atoms with Crippen LogP contribution >= 0.6 is 0 Å². The second kappa shape index (κ2) is 6.11. The van der Waals surface area contributed by atoms with Gasteiger partial charge in [0, 0.05) is 38.2 Å². The minimum absolute atomic E-state index is 0.143. The first-order valence-electron chi connectivity index (χ1n) is 6.91. The molecule has 0 saturated carbocycles. The summed E-state index contributed by atoms with van der Waals surface area (Å²) in [5.74, 6) is 1.22. The summed E-state index contributed by atoms with van der Waals surface area (Å²) in [5.41, 5.74) is 7.60. The molecule has 0 radical (unpaired) electrons. The van der Waals surface area contributed by atoms with Crippen molar-refractivity contribution in [2.24, 2.45) is 0 Å². The molecule has 1 saturated heterocycles. The lowest BCUT2D eigenvalue weighted by Crippen LogP contribution is -2.38. The fourth-order valence-corrected chi connectivity index (χ4v) is 2.44. The van der Waals surface area contributed by atoms with E-state index in [4.69, 9.17) is 10.5 Å². The normalized spacial score (nSPS) is 19.6. The molecule has 110 valence electrons. The Labute approximate surface area is 123 Å². The highest BCUT2D eigenvalue weighted by Gasteiger charge is 2.25. The van der Waals surface area contributed by atoms with E-state index in [1.165, 1.54) is 0 Å². The van der Waals surface area contributed by atoms with Crippen molar-refractivity contribution >= 4 is 5.82 Å². The van der Waals surface area contributed by atoms with Crippen LogP contribution in [0.3, 0.4) is 0 Å². The number of nitrogens with zero attached hydrogens (tertiary/aromatic N) is 5. The zero-order chi connectivity index (χ0) is 14.7. The number of hydrogen-bond donors (Lipinski definition) is 1. The van der Waals surface area contributed by atoms with Gasteiger partial charge >= 0.3 is 0 Å². The van der Waals surface area contributed by atoms with Crippen LogP contribution in [0.5, 0.6) is 0 Å². The number of aromatic nitrogens is 4. The Hall–Kier alpha value is -2.12. The SMILES string of the molecule is Cc1nccc(CN2CCO[C@H](c3nccnc3N)C2)n1. The smallest absolute Gasteiger partial charge is 0.147 e. The van der Waals surface area contributed by atoms with E-state index in [9.17, 15) is 0 Å². The van der Waals surface area contributed by atoms with Gasteiger partial charge in [0.25, 0.3) is 0 Å². The molecule has 2 aromatic rings. The minimum atomic E-state index is -0.143. The van der Waals surface area contributed by atoms with Crippen molar-refractivity contribution in [3.63, 3.8) is 0 Å². The van der Waals surface area contributed by atoms with Gasteiger partial charge in [0.05, 0.1) is 12.3 Å². The fourth-order valence-electron chi connectivity index (χ4n) is 2.44. The molecule has 3 rings (SSSR count). The summed E-state index contributed by atoms with van der Waals surface area (Å²) in [6, 6.07) is 1.94. The fraction of sp³-hybridized carbons (Fsp3) is 0.429. The lowest BCUT2D eigenvalue weighted by Gasteiger charge is -2.32. The Bertz CT molecular complexity index is 620. The monoisotopic (exact) mass is 286 g/mol. The topological polar surface area (TPSA) is 90.0 Å². The third-order valence-corrected chi connectivity index (χ3v) is 3.43. The van der Waals surface area contributed by atoms with Crippen LogP contribution in [-0.4, -0.2) is 44.5 Å². The molecule has 7 heteroatoms. The van der Waals surface area contributed by atoms with Crippen LogP contribution in [0.25, 0.3) is 0 Å². The highest BCUT2D eigenvalue weighted by atomic mass is 16.5. The Balaban J connectivity index is 1.70. The molecule has 0 bridgehead atoms. The van der Waals surface area contributed by atoms with E-state index in [0.29, 0.717) is 18.1 Å². The zero-order valence-electron chi connectivity index (χ0n) is 11.9. The molecule has 3 heterocycles. The summed E-state index contributed by atoms with van der Waals surface area (Å²) in [4.78, 5) is 19.2. The highest BCUT2D eigenvalue weighted by molar-refractivity contribution is 5.35. The Kier molecular flexibility index (Phi) is 4.03. The van der Waals surface area contributed by atoms with Crippen molar-refractivity contribution < 1.29 is 4.74 Å². The first-order chi connectivity index (χ1) is 10.2. The summed E-state index contributed by atoms with van der Waals surface area (Å²) >= 11 is 0. The lowest BCUT2D eigenvalue weighted by molar-refractivity contribution is -0.0351. The first-order valence-corrected chi connectivity index (χ1v) is 6.91. The van der Waals surface area contributed by atoms with Crippen LogP contribution in [0.2, 0.25) is 0 Å². The molecular formula is C14H18N6O. The van der Waals surface area contributed by atoms with Crippen LogP contribution < -0.4 is 5.73 Å². The van der Waals surface area contributed by atoms with Crippen molar-refractivity contribution in [2.75, 3.05) is 25.4 Å². The second-order valence-electron chi connectivity index (χ2n) is 5.02. The standard InChI is InChI=1S/C14H18N6O/c1-10-16-3-2-11(19-10)8-20-6-7-21-12(9-20)13-14(15)18-5-4-17-13/h2-5,12H,6-9H2,1H3,(H2,15,18)/t12-/m0/s1. The Morgan fingerprint density at radius 3 is 2.95 bits per heavy atom. The van der Waals surface area contributed by atoms with E-state index < -0.39 is 0 Å². The van der Waals surface area contributed by atoms with E-state index in [1.807, 2.05) is 13.0 Å². The van der Waals surface area contributed by atoms with Gasteiger partial charge in [-0.25, -0.2) is 15.0 Å². The molecule has 21 heavy (non-hydrogen) atoms. The predicted octanol–water partition coefficient (Wildman–Crippen LogP) is 0.731. The van der Waals surface area contributed by atoms with E-state index >= 15 is 0 Å². The second-order valence-corrected chi connectivity index (χ2v) is 5.02. The average Bonchev–Trinajstić information content (AvgIpc) is 2.48. The van der Waals surface area contributed by atoms with E-state index in [1.54, 1.807) is 18.6 Å². The number of hydrogen-bond acceptors (Lipinski definition) is 7. The van der Waals surface area contributed by atoms with Gasteiger partial charge in [-0.1, -0.05) is 0 Å². The molecule has 0 unspecified atom stereocenters. The summed E-state index contributed by atoms with van der Waals surface area (Å²) < 4.78 is 5.78. The molecule has 2 N–H and O–H groups in total. The van der Waals surface area contributed by atoms with Gasteiger partial charge in [-0.15, -0.1) is 0 Å². The quantitative estimate of drug-likeness (QED) is 0.889. The molecule has 0 aromatic carbocycles. The Morgan fingerprint density at radius 2 is 2.14 bits per heavy atom. The molecule has 0 amide bonds. The maximum absolute atomic E-state index is 5.88. The maximum Gasteiger partial charge on any atom is 0.147 e. The van der Waals surface area contributed by atoms with Gasteiger partial charge in [-0.3, -0.25) is 9.88 Å². The third kappa shape index (κ3) is 3.32. The van der Waals surface area contributed by atoms with Crippen LogP contribution in [0.15, 0.2) is 24.7 Å². The summed E-state index contributed by atoms with van der Waals surface area (Å²) in [5, 5.41) is 0. The number of ether oxygens (including phenoxy) is 1. The largest absolute Gasteiger partial charge is 0.382 e. The minimum Gasteiger partial charge on any atom is -0.382 e. The highest BCUT2D eigenvalue weighted by Crippen LogP contribution is 2.24. The van der Waals surface area contributed by atoms with Gasteiger partial charge in [-0.05, 0) is 13.0 Å². The van der Waals surface area contributed by atoms with Crippen LogP contribution in [0.4, 0.5) is 5.82 Å². The van der Waals surface area contributed by atoms with Crippen LogP contribution in [-0.2, 0) is 11.3 Å². The first kappa shape index (κ1) is 13.8. The summed E-state index contributed by atoms with van der Waals surface area (Å²) in [6.45, 7) is 4.89. The van der Waals surface area contributed by atoms with Gasteiger partial charge < -0.3 is 10.5 Å². The third-order valence-electron chi connectivity index (χ3n) is 3.43. The van der Waals surface area contributed by atoms with Crippen molar-refractivity contribution in [1.29, 1.82) is 0 Å². The van der Waals surface area contributed by atoms with E-state index in [0.717, 1.165) is 31.2 Å². The molecule has 7 nitrogen and oxygen atoms in total. The van der Waals surface area contributed by atoms with E-state index in [-0.39, 0.29) is 6.10 Å². The zero-order valence-corrected chi connectivity index (χ0v) is 11.9. The number of nitrogen functional groups attached to an aromatic ring is 1. The van der Waals surface area contributed by atoms with Crippen molar-refractivity contribution in [3.8, 4) is 0 Å². The Morgan fingerprint density at radius 1 is 1.29 bits per heavy atom. The number of morpholine rings is 1. The molecule has 0 aliphatic carbocycles. The van der Waals surface area contributed by atoms with Crippen molar-refractivity contribution in [1.82, 2.24) is 24.8 Å². The molecule has 1 atom stereocenters. The average molecular weight is 286 g/mol. The van der Waals surface area contributed by atoms with Gasteiger partial charge in [0.1, 0.15) is 23.4 Å². The summed E-state index contributed by atoms with van der Waals surface area (Å²) in [6.07, 6.45) is 4.87. The molecule has 2 aromatic heterocycles. The molecule has 0 spiro atoms. The molecule has 1 aliphatic rings. The van der Waals surface area contributed by atoms with Crippen molar-refractivity contribution in [3.05, 3.63) is 41.9 Å². The van der Waals surface area contributed by atoms with Gasteiger partial charge in [0.15, 0.2) is 0 Å². The van der Waals surface area contributed by atoms with Gasteiger partial charge in [-0.2, -0.15) is 0 Å². The van der Waals surface area contributed by atoms with Crippen LogP contribution in [0.1, 0.15) is 23.3 Å². The van der Waals surface area contributed by atoms with Crippen LogP contribution in [0, 0.1) is 6.92 Å². The van der Waals surface area contributed by atoms with Gasteiger partial charge in [0.2, 0.25) is 0 Å². The number of anilines is 1. The van der Waals surface area contributed by atoms with Crippen molar-refractivity contribution in [2.45, 2.75) is 19.6 Å². The molecule has 1 fully saturated rings. The van der Waals surface area contributed by atoms with E-state index in [2.05, 4.69) is 24.8 Å². The maximum atomic E-state index is 5.88. The molecular weight excluding hydrogens is 268 g/mol. The number of nitrogens with two attached hydrogens (primary N) is 1. The summed E-state index contributed by atoms with van der Waals surface area (Å²) in [7, 11) is 0. The number of rotatable bonds is 3. The lowest BCUT2D eigenvalue weighted by atomic mass is 10.2.